The van der Waals surface area contributed by atoms with Crippen molar-refractivity contribution in [2.75, 3.05) is 16.8 Å². The van der Waals surface area contributed by atoms with Gasteiger partial charge < -0.3 is 10.2 Å². The molecule has 2 amide bonds. The number of rotatable bonds is 4. The van der Waals surface area contributed by atoms with Crippen molar-refractivity contribution >= 4 is 23.2 Å². The van der Waals surface area contributed by atoms with Gasteiger partial charge in [-0.1, -0.05) is 31.2 Å². The van der Waals surface area contributed by atoms with Crippen LogP contribution in [0.4, 0.5) is 24.5 Å². The van der Waals surface area contributed by atoms with Gasteiger partial charge in [0.05, 0.1) is 11.5 Å². The molecule has 0 bridgehead atoms. The van der Waals surface area contributed by atoms with Crippen molar-refractivity contribution in [1.29, 1.82) is 0 Å². The van der Waals surface area contributed by atoms with E-state index in [1.165, 1.54) is 17.0 Å². The van der Waals surface area contributed by atoms with Crippen LogP contribution in [0.5, 0.6) is 0 Å². The molecule has 2 aromatic rings. The van der Waals surface area contributed by atoms with E-state index in [9.17, 15) is 22.8 Å². The van der Waals surface area contributed by atoms with Crippen LogP contribution in [0, 0.1) is 5.92 Å². The molecule has 1 heterocycles. The Kier molecular flexibility index (Phi) is 5.21. The predicted molar refractivity (Wildman–Crippen MR) is 96.4 cm³/mol. The molecule has 0 unspecified atom stereocenters. The van der Waals surface area contributed by atoms with E-state index in [0.717, 1.165) is 24.1 Å². The zero-order chi connectivity index (χ0) is 19.6. The highest BCUT2D eigenvalue weighted by Crippen LogP contribution is 2.33. The van der Waals surface area contributed by atoms with E-state index in [1.54, 1.807) is 6.07 Å². The molecule has 27 heavy (non-hydrogen) atoms. The van der Waals surface area contributed by atoms with E-state index in [-0.39, 0.29) is 30.5 Å². The van der Waals surface area contributed by atoms with Gasteiger partial charge in [0.1, 0.15) is 0 Å². The third-order valence-electron chi connectivity index (χ3n) is 4.64. The van der Waals surface area contributed by atoms with Crippen LogP contribution in [-0.4, -0.2) is 18.4 Å². The van der Waals surface area contributed by atoms with Gasteiger partial charge in [0.15, 0.2) is 0 Å². The largest absolute Gasteiger partial charge is 0.416 e. The van der Waals surface area contributed by atoms with Crippen molar-refractivity contribution in [3.8, 4) is 0 Å². The Morgan fingerprint density at radius 1 is 1.19 bits per heavy atom. The van der Waals surface area contributed by atoms with E-state index in [1.807, 2.05) is 25.1 Å². The van der Waals surface area contributed by atoms with Crippen LogP contribution in [0.15, 0.2) is 48.5 Å². The Bertz CT molecular complexity index is 864. The smallest absolute Gasteiger partial charge is 0.326 e. The minimum Gasteiger partial charge on any atom is -0.326 e. The lowest BCUT2D eigenvalue weighted by Gasteiger charge is -2.18. The maximum Gasteiger partial charge on any atom is 0.416 e. The molecule has 1 N–H and O–H groups in total. The summed E-state index contributed by atoms with van der Waals surface area (Å²) in [5.74, 6) is -1.28. The first-order valence-electron chi connectivity index (χ1n) is 8.66. The van der Waals surface area contributed by atoms with E-state index in [0.29, 0.717) is 5.69 Å². The number of hydrogen-bond acceptors (Lipinski definition) is 2. The molecule has 2 aromatic carbocycles. The van der Waals surface area contributed by atoms with E-state index in [2.05, 4.69) is 5.32 Å². The van der Waals surface area contributed by atoms with Gasteiger partial charge in [0.25, 0.3) is 0 Å². The molecule has 4 nitrogen and oxygen atoms in total. The molecule has 0 aliphatic carbocycles. The average Bonchev–Trinajstić information content (AvgIpc) is 3.03. The summed E-state index contributed by atoms with van der Waals surface area (Å²) in [4.78, 5) is 26.1. The first-order valence-corrected chi connectivity index (χ1v) is 8.66. The van der Waals surface area contributed by atoms with Crippen molar-refractivity contribution in [2.45, 2.75) is 25.9 Å². The quantitative estimate of drug-likeness (QED) is 0.867. The van der Waals surface area contributed by atoms with Crippen LogP contribution in [0.25, 0.3) is 0 Å². The number of nitrogens with one attached hydrogen (secondary N) is 1. The van der Waals surface area contributed by atoms with E-state index < -0.39 is 17.7 Å². The summed E-state index contributed by atoms with van der Waals surface area (Å²) in [5, 5.41) is 2.83. The fourth-order valence-electron chi connectivity index (χ4n) is 3.17. The van der Waals surface area contributed by atoms with Crippen LogP contribution >= 0.6 is 0 Å². The average molecular weight is 376 g/mol. The normalized spacial score (nSPS) is 17.3. The zero-order valence-corrected chi connectivity index (χ0v) is 14.7. The minimum absolute atomic E-state index is 0.0314. The maximum absolute atomic E-state index is 12.9. The highest BCUT2D eigenvalue weighted by molar-refractivity contribution is 6.03. The molecule has 1 fully saturated rings. The second-order valence-electron chi connectivity index (χ2n) is 6.45. The van der Waals surface area contributed by atoms with E-state index >= 15 is 0 Å². The number of aryl methyl sites for hydroxylation is 1. The number of benzene rings is 2. The van der Waals surface area contributed by atoms with Gasteiger partial charge in [0, 0.05) is 24.3 Å². The van der Waals surface area contributed by atoms with Gasteiger partial charge in [-0.2, -0.15) is 13.2 Å². The van der Waals surface area contributed by atoms with Crippen molar-refractivity contribution in [2.24, 2.45) is 5.92 Å². The lowest BCUT2D eigenvalue weighted by molar-refractivity contribution is -0.137. The Hall–Kier alpha value is -2.83. The Morgan fingerprint density at radius 2 is 1.93 bits per heavy atom. The summed E-state index contributed by atoms with van der Waals surface area (Å²) in [6.07, 6.45) is -3.77. The van der Waals surface area contributed by atoms with Gasteiger partial charge in [-0.3, -0.25) is 9.59 Å². The van der Waals surface area contributed by atoms with Crippen molar-refractivity contribution in [1.82, 2.24) is 0 Å². The van der Waals surface area contributed by atoms with Crippen molar-refractivity contribution in [3.05, 3.63) is 59.7 Å². The highest BCUT2D eigenvalue weighted by Gasteiger charge is 2.37. The number of carbonyl (C=O) groups excluding carboxylic acids is 2. The van der Waals surface area contributed by atoms with E-state index in [4.69, 9.17) is 0 Å². The molecule has 7 heteroatoms. The number of nitrogens with zero attached hydrogens (tertiary/aromatic N) is 1. The summed E-state index contributed by atoms with van der Waals surface area (Å²) in [6.45, 7) is 2.03. The number of para-hydroxylation sites is 1. The molecular formula is C20H19F3N2O2. The molecule has 0 radical (unpaired) electrons. The summed E-state index contributed by atoms with van der Waals surface area (Å²) in [7, 11) is 0. The third kappa shape index (κ3) is 4.13. The van der Waals surface area contributed by atoms with Gasteiger partial charge in [-0.15, -0.1) is 0 Å². The lowest BCUT2D eigenvalue weighted by atomic mass is 10.1. The van der Waals surface area contributed by atoms with Gasteiger partial charge in [-0.05, 0) is 36.2 Å². The number of halogens is 3. The molecule has 0 saturated carbocycles. The first-order chi connectivity index (χ1) is 12.8. The molecule has 0 spiro atoms. The fourth-order valence-corrected chi connectivity index (χ4v) is 3.17. The number of carbonyl (C=O) groups is 2. The third-order valence-corrected chi connectivity index (χ3v) is 4.64. The zero-order valence-electron chi connectivity index (χ0n) is 14.7. The van der Waals surface area contributed by atoms with Crippen LogP contribution in [0.1, 0.15) is 24.5 Å². The van der Waals surface area contributed by atoms with Crippen LogP contribution in [0.3, 0.4) is 0 Å². The molecule has 1 aliphatic heterocycles. The minimum atomic E-state index is -4.49. The van der Waals surface area contributed by atoms with Crippen LogP contribution in [0.2, 0.25) is 0 Å². The van der Waals surface area contributed by atoms with Crippen LogP contribution < -0.4 is 10.2 Å². The van der Waals surface area contributed by atoms with Crippen molar-refractivity contribution in [3.63, 3.8) is 0 Å². The highest BCUT2D eigenvalue weighted by atomic mass is 19.4. The summed E-state index contributed by atoms with van der Waals surface area (Å²) in [6, 6.07) is 12.0. The maximum atomic E-state index is 12.9. The number of hydrogen-bond donors (Lipinski definition) is 1. The molecule has 1 atom stereocenters. The van der Waals surface area contributed by atoms with Crippen molar-refractivity contribution < 1.29 is 22.8 Å². The number of amides is 2. The SMILES string of the molecule is CCc1ccccc1NC(=O)[C@H]1CC(=O)N(c2cccc(C(F)(F)F)c2)C1. The molecule has 0 aromatic heterocycles. The lowest BCUT2D eigenvalue weighted by Crippen LogP contribution is -2.28. The number of anilines is 2. The molecule has 142 valence electrons. The molecule has 1 aliphatic rings. The molecule has 1 saturated heterocycles. The van der Waals surface area contributed by atoms with Gasteiger partial charge in [-0.25, -0.2) is 0 Å². The van der Waals surface area contributed by atoms with Gasteiger partial charge >= 0.3 is 6.18 Å². The fraction of sp³-hybridized carbons (Fsp3) is 0.300. The summed E-state index contributed by atoms with van der Waals surface area (Å²) >= 11 is 0. The topological polar surface area (TPSA) is 49.4 Å². The first kappa shape index (κ1) is 18.9. The van der Waals surface area contributed by atoms with Crippen LogP contribution in [-0.2, 0) is 22.2 Å². The monoisotopic (exact) mass is 376 g/mol. The summed E-state index contributed by atoms with van der Waals surface area (Å²) in [5.41, 5.74) is 0.997. The summed E-state index contributed by atoms with van der Waals surface area (Å²) < 4.78 is 38.7. The Balaban J connectivity index is 1.75. The van der Waals surface area contributed by atoms with Gasteiger partial charge in [0.2, 0.25) is 11.8 Å². The molecular weight excluding hydrogens is 357 g/mol. The second-order valence-corrected chi connectivity index (χ2v) is 6.45. The Morgan fingerprint density at radius 3 is 2.63 bits per heavy atom. The Labute approximate surface area is 155 Å². The number of alkyl halides is 3. The predicted octanol–water partition coefficient (Wildman–Crippen LogP) is 4.26. The standard InChI is InChI=1S/C20H19F3N2O2/c1-2-13-6-3-4-9-17(13)24-19(27)14-10-18(26)25(12-14)16-8-5-7-15(11-16)20(21,22)23/h3-9,11,14H,2,10,12H2,1H3,(H,24,27)/t14-/m0/s1. The second kappa shape index (κ2) is 7.42. The molecule has 3 rings (SSSR count).